The zero-order chi connectivity index (χ0) is 24.2. The number of carbonyl (C=O) groups is 1. The number of hydrogen-bond acceptors (Lipinski definition) is 7. The van der Waals surface area contributed by atoms with Crippen molar-refractivity contribution in [3.8, 4) is 11.9 Å². The van der Waals surface area contributed by atoms with E-state index in [4.69, 9.17) is 14.2 Å². The van der Waals surface area contributed by atoms with Gasteiger partial charge in [0, 0.05) is 46.8 Å². The van der Waals surface area contributed by atoms with E-state index in [0.29, 0.717) is 61.9 Å². The summed E-state index contributed by atoms with van der Waals surface area (Å²) in [5.74, 6) is 0.382. The van der Waals surface area contributed by atoms with Crippen molar-refractivity contribution in [3.05, 3.63) is 18.0 Å². The van der Waals surface area contributed by atoms with Gasteiger partial charge < -0.3 is 23.7 Å². The van der Waals surface area contributed by atoms with Crippen LogP contribution in [-0.4, -0.2) is 65.0 Å². The van der Waals surface area contributed by atoms with Crippen LogP contribution in [0, 0.1) is 11.3 Å². The molecular weight excluding hydrogens is 438 g/mol. The standard InChI is InChI=1S/C23H35N5O4Si/c1-23(2,3)32-22(29)27-9-7-18(8-10-27)31-19-14-25-21-20(26-19)17(13-24)15-28(21)16-30-11-12-33(4,5)6/h14-15,18H,7-12,16H2,1-6H3. The average molecular weight is 474 g/mol. The molecule has 1 aliphatic rings. The molecule has 2 aromatic rings. The SMILES string of the molecule is CC(C)(C)OC(=O)N1CCC(Oc2cnc3c(n2)c(C#N)cn3COCC[Si](C)(C)C)CC1. The van der Waals surface area contributed by atoms with Crippen molar-refractivity contribution in [1.82, 2.24) is 19.4 Å². The molecule has 1 amide bonds. The van der Waals surface area contributed by atoms with Gasteiger partial charge in [-0.15, -0.1) is 0 Å². The molecule has 180 valence electrons. The highest BCUT2D eigenvalue weighted by Crippen LogP contribution is 2.23. The van der Waals surface area contributed by atoms with Crippen molar-refractivity contribution >= 4 is 25.3 Å². The molecule has 10 heteroatoms. The van der Waals surface area contributed by atoms with Crippen molar-refractivity contribution in [1.29, 1.82) is 5.26 Å². The second-order valence-corrected chi connectivity index (χ2v) is 16.3. The first kappa shape index (κ1) is 25.0. The van der Waals surface area contributed by atoms with Gasteiger partial charge >= 0.3 is 6.09 Å². The zero-order valence-corrected chi connectivity index (χ0v) is 21.6. The number of carbonyl (C=O) groups excluding carboxylic acids is 1. The van der Waals surface area contributed by atoms with Crippen molar-refractivity contribution in [2.45, 2.75) is 77.7 Å². The molecule has 0 spiro atoms. The average Bonchev–Trinajstić information content (AvgIpc) is 3.07. The number of amides is 1. The molecule has 0 radical (unpaired) electrons. The molecule has 0 N–H and O–H groups in total. The smallest absolute Gasteiger partial charge is 0.410 e. The topological polar surface area (TPSA) is 103 Å². The number of rotatable bonds is 7. The van der Waals surface area contributed by atoms with Crippen LogP contribution in [0.1, 0.15) is 39.2 Å². The number of nitriles is 1. The number of aromatic nitrogens is 3. The Hall–Kier alpha value is -2.64. The first-order chi connectivity index (χ1) is 15.4. The Balaban J connectivity index is 1.60. The lowest BCUT2D eigenvalue weighted by atomic mass is 10.1. The molecule has 2 aromatic heterocycles. The summed E-state index contributed by atoms with van der Waals surface area (Å²) in [6.07, 6.45) is 4.29. The maximum absolute atomic E-state index is 12.2. The predicted octanol–water partition coefficient (Wildman–Crippen LogP) is 4.39. The number of piperidine rings is 1. The molecule has 1 saturated heterocycles. The molecule has 33 heavy (non-hydrogen) atoms. The molecular formula is C23H35N5O4Si. The Labute approximate surface area is 196 Å². The molecule has 0 aliphatic carbocycles. The third kappa shape index (κ3) is 7.17. The first-order valence-corrected chi connectivity index (χ1v) is 15.1. The monoisotopic (exact) mass is 473 g/mol. The van der Waals surface area contributed by atoms with Crippen molar-refractivity contribution in [2.75, 3.05) is 19.7 Å². The van der Waals surface area contributed by atoms with Crippen molar-refractivity contribution < 1.29 is 19.0 Å². The maximum Gasteiger partial charge on any atom is 0.410 e. The summed E-state index contributed by atoms with van der Waals surface area (Å²) < 4.78 is 19.1. The van der Waals surface area contributed by atoms with Crippen LogP contribution in [0.25, 0.3) is 11.2 Å². The van der Waals surface area contributed by atoms with Crippen molar-refractivity contribution in [2.24, 2.45) is 0 Å². The highest BCUT2D eigenvalue weighted by molar-refractivity contribution is 6.76. The van der Waals surface area contributed by atoms with Gasteiger partial charge in [-0.25, -0.2) is 14.8 Å². The summed E-state index contributed by atoms with van der Waals surface area (Å²) in [4.78, 5) is 23.0. The molecule has 0 bridgehead atoms. The van der Waals surface area contributed by atoms with E-state index in [1.807, 2.05) is 25.3 Å². The summed E-state index contributed by atoms with van der Waals surface area (Å²) in [5.41, 5.74) is 1.04. The predicted molar refractivity (Wildman–Crippen MR) is 128 cm³/mol. The van der Waals surface area contributed by atoms with Gasteiger partial charge in [0.25, 0.3) is 0 Å². The third-order valence-electron chi connectivity index (χ3n) is 5.27. The van der Waals surface area contributed by atoms with Crippen LogP contribution in [0.5, 0.6) is 5.88 Å². The fraction of sp³-hybridized carbons (Fsp3) is 0.652. The summed E-state index contributed by atoms with van der Waals surface area (Å²) in [6.45, 7) is 14.6. The van der Waals surface area contributed by atoms with E-state index in [1.54, 1.807) is 17.3 Å². The molecule has 1 fully saturated rings. The van der Waals surface area contributed by atoms with Crippen molar-refractivity contribution in [3.63, 3.8) is 0 Å². The van der Waals surface area contributed by atoms with E-state index >= 15 is 0 Å². The largest absolute Gasteiger partial charge is 0.473 e. The summed E-state index contributed by atoms with van der Waals surface area (Å²) in [5, 5.41) is 9.54. The Morgan fingerprint density at radius 3 is 2.58 bits per heavy atom. The van der Waals surface area contributed by atoms with Gasteiger partial charge in [0.15, 0.2) is 5.65 Å². The normalized spacial score (nSPS) is 15.5. The highest BCUT2D eigenvalue weighted by atomic mass is 28.3. The van der Waals surface area contributed by atoms with E-state index in [-0.39, 0.29) is 12.2 Å². The van der Waals surface area contributed by atoms with Crippen LogP contribution in [-0.2, 0) is 16.2 Å². The Kier molecular flexibility index (Phi) is 7.64. The summed E-state index contributed by atoms with van der Waals surface area (Å²) in [7, 11) is -1.16. The van der Waals surface area contributed by atoms with E-state index in [1.165, 1.54) is 0 Å². The Morgan fingerprint density at radius 1 is 1.27 bits per heavy atom. The number of fused-ring (bicyclic) bond motifs is 1. The minimum Gasteiger partial charge on any atom is -0.473 e. The highest BCUT2D eigenvalue weighted by Gasteiger charge is 2.28. The van der Waals surface area contributed by atoms with Gasteiger partial charge in [0.1, 0.15) is 30.0 Å². The molecule has 0 saturated carbocycles. The Morgan fingerprint density at radius 2 is 1.97 bits per heavy atom. The van der Waals surface area contributed by atoms with E-state index in [9.17, 15) is 10.1 Å². The number of hydrogen-bond donors (Lipinski definition) is 0. The maximum atomic E-state index is 12.2. The number of ether oxygens (including phenoxy) is 3. The minimum absolute atomic E-state index is 0.0760. The van der Waals surface area contributed by atoms with Gasteiger partial charge in [-0.05, 0) is 26.8 Å². The lowest BCUT2D eigenvalue weighted by Gasteiger charge is -2.33. The van der Waals surface area contributed by atoms with Gasteiger partial charge in [-0.3, -0.25) is 0 Å². The van der Waals surface area contributed by atoms with Crippen LogP contribution in [0.15, 0.2) is 12.4 Å². The minimum atomic E-state index is -1.16. The van der Waals surface area contributed by atoms with Crippen LogP contribution >= 0.6 is 0 Å². The molecule has 0 unspecified atom stereocenters. The number of likely N-dealkylation sites (tertiary alicyclic amines) is 1. The molecule has 0 atom stereocenters. The van der Waals surface area contributed by atoms with Gasteiger partial charge in [0.05, 0.1) is 11.8 Å². The van der Waals surface area contributed by atoms with E-state index < -0.39 is 13.7 Å². The molecule has 3 heterocycles. The molecule has 9 nitrogen and oxygen atoms in total. The van der Waals surface area contributed by atoms with Crippen LogP contribution in [0.2, 0.25) is 25.7 Å². The third-order valence-corrected chi connectivity index (χ3v) is 6.98. The summed E-state index contributed by atoms with van der Waals surface area (Å²) in [6, 6.07) is 3.26. The number of nitrogens with zero attached hydrogens (tertiary/aromatic N) is 5. The Bertz CT molecular complexity index is 1010. The van der Waals surface area contributed by atoms with Gasteiger partial charge in [-0.2, -0.15) is 5.26 Å². The first-order valence-electron chi connectivity index (χ1n) is 11.4. The molecule has 0 aromatic carbocycles. The van der Waals surface area contributed by atoms with Crippen LogP contribution < -0.4 is 4.74 Å². The lowest BCUT2D eigenvalue weighted by Crippen LogP contribution is -2.44. The van der Waals surface area contributed by atoms with E-state index in [2.05, 4.69) is 35.7 Å². The molecule has 3 rings (SSSR count). The summed E-state index contributed by atoms with van der Waals surface area (Å²) >= 11 is 0. The lowest BCUT2D eigenvalue weighted by molar-refractivity contribution is 0.0123. The quantitative estimate of drug-likeness (QED) is 0.434. The second kappa shape index (κ2) is 10.1. The fourth-order valence-corrected chi connectivity index (χ4v) is 4.22. The van der Waals surface area contributed by atoms with Gasteiger partial charge in [-0.1, -0.05) is 19.6 Å². The van der Waals surface area contributed by atoms with Crippen LogP contribution in [0.3, 0.4) is 0 Å². The molecule has 1 aliphatic heterocycles. The second-order valence-electron chi connectivity index (χ2n) is 10.6. The fourth-order valence-electron chi connectivity index (χ4n) is 3.47. The van der Waals surface area contributed by atoms with E-state index in [0.717, 1.165) is 6.04 Å². The van der Waals surface area contributed by atoms with Gasteiger partial charge in [0.2, 0.25) is 5.88 Å². The zero-order valence-electron chi connectivity index (χ0n) is 20.6. The van der Waals surface area contributed by atoms with Crippen LogP contribution in [0.4, 0.5) is 4.79 Å².